The average molecular weight is 387 g/mol. The van der Waals surface area contributed by atoms with E-state index in [2.05, 4.69) is 40.7 Å². The molecule has 1 N–H and O–H groups in total. The van der Waals surface area contributed by atoms with Crippen molar-refractivity contribution in [3.63, 3.8) is 0 Å². The molecule has 4 rings (SSSR count). The average Bonchev–Trinajstić information content (AvgIpc) is 2.99. The zero-order chi connectivity index (χ0) is 20.1. The first kappa shape index (κ1) is 21.0. The molecule has 28 heavy (non-hydrogen) atoms. The van der Waals surface area contributed by atoms with E-state index in [1.165, 1.54) is 57.8 Å². The molecule has 0 radical (unpaired) electrons. The van der Waals surface area contributed by atoms with E-state index in [-0.39, 0.29) is 6.10 Å². The third-order valence-corrected chi connectivity index (χ3v) is 10.3. The van der Waals surface area contributed by atoms with Crippen LogP contribution in [0.3, 0.4) is 0 Å². The largest absolute Gasteiger partial charge is 0.393 e. The SMILES string of the molecule is CC(C)CCC[C@@H](C)[C@@H]1CC[C@@H]2C3=CC[C@H]4C[C@H](O)CC[C@]4(C)[C@H]3CC[C@]21C. The first-order chi connectivity index (χ1) is 13.3. The van der Waals surface area contributed by atoms with Crippen molar-refractivity contribution in [2.24, 2.45) is 46.3 Å². The first-order valence-corrected chi connectivity index (χ1v) is 12.6. The van der Waals surface area contributed by atoms with Gasteiger partial charge in [-0.1, -0.05) is 65.5 Å². The predicted octanol–water partition coefficient (Wildman–Crippen LogP) is 7.39. The second-order valence-electron chi connectivity index (χ2n) is 12.2. The number of aliphatic hydroxyl groups is 1. The lowest BCUT2D eigenvalue weighted by Gasteiger charge is -2.57. The van der Waals surface area contributed by atoms with Crippen molar-refractivity contribution in [2.75, 3.05) is 0 Å². The second-order valence-corrected chi connectivity index (χ2v) is 12.2. The van der Waals surface area contributed by atoms with Gasteiger partial charge >= 0.3 is 0 Å². The Morgan fingerprint density at radius 1 is 0.964 bits per heavy atom. The Labute approximate surface area is 174 Å². The smallest absolute Gasteiger partial charge is 0.0543 e. The maximum absolute atomic E-state index is 10.2. The van der Waals surface area contributed by atoms with Crippen LogP contribution in [0.25, 0.3) is 0 Å². The Bertz CT molecular complexity index is 591. The molecule has 0 heterocycles. The first-order valence-electron chi connectivity index (χ1n) is 12.6. The van der Waals surface area contributed by atoms with Gasteiger partial charge in [0.1, 0.15) is 0 Å². The highest BCUT2D eigenvalue weighted by Gasteiger charge is 2.58. The van der Waals surface area contributed by atoms with Gasteiger partial charge in [-0.15, -0.1) is 0 Å². The molecule has 0 amide bonds. The van der Waals surface area contributed by atoms with Crippen LogP contribution in [-0.4, -0.2) is 11.2 Å². The highest BCUT2D eigenvalue weighted by Crippen LogP contribution is 2.66. The second kappa shape index (κ2) is 7.75. The van der Waals surface area contributed by atoms with Crippen LogP contribution in [0.15, 0.2) is 11.6 Å². The van der Waals surface area contributed by atoms with E-state index in [4.69, 9.17) is 0 Å². The van der Waals surface area contributed by atoms with E-state index in [9.17, 15) is 5.11 Å². The summed E-state index contributed by atoms with van der Waals surface area (Å²) in [5.74, 6) is 5.07. The molecular formula is C27H46O. The molecule has 0 aliphatic heterocycles. The van der Waals surface area contributed by atoms with Gasteiger partial charge in [0.15, 0.2) is 0 Å². The summed E-state index contributed by atoms with van der Waals surface area (Å²) in [6.07, 6.45) is 17.2. The Morgan fingerprint density at radius 2 is 1.68 bits per heavy atom. The summed E-state index contributed by atoms with van der Waals surface area (Å²) in [5.41, 5.74) is 2.89. The molecule has 0 saturated heterocycles. The fourth-order valence-electron chi connectivity index (χ4n) is 8.51. The summed E-state index contributed by atoms with van der Waals surface area (Å²) in [6.45, 7) is 12.6. The number of fused-ring (bicyclic) bond motifs is 5. The number of allylic oxidation sites excluding steroid dienone is 2. The Kier molecular flexibility index (Phi) is 5.80. The van der Waals surface area contributed by atoms with Crippen LogP contribution in [0, 0.1) is 46.3 Å². The lowest BCUT2D eigenvalue weighted by Crippen LogP contribution is -2.49. The maximum Gasteiger partial charge on any atom is 0.0543 e. The van der Waals surface area contributed by atoms with E-state index in [1.807, 2.05) is 5.57 Å². The molecule has 3 saturated carbocycles. The summed E-state index contributed by atoms with van der Waals surface area (Å²) in [4.78, 5) is 0. The van der Waals surface area contributed by atoms with Gasteiger partial charge in [0.2, 0.25) is 0 Å². The topological polar surface area (TPSA) is 20.2 Å². The minimum absolute atomic E-state index is 0.0376. The van der Waals surface area contributed by atoms with Crippen LogP contribution in [0.2, 0.25) is 0 Å². The van der Waals surface area contributed by atoms with E-state index in [0.29, 0.717) is 10.8 Å². The van der Waals surface area contributed by atoms with Crippen LogP contribution < -0.4 is 0 Å². The summed E-state index contributed by atoms with van der Waals surface area (Å²) < 4.78 is 0. The van der Waals surface area contributed by atoms with Gasteiger partial charge in [-0.3, -0.25) is 0 Å². The summed E-state index contributed by atoms with van der Waals surface area (Å²) in [6, 6.07) is 0. The van der Waals surface area contributed by atoms with Gasteiger partial charge in [-0.2, -0.15) is 0 Å². The quantitative estimate of drug-likeness (QED) is 0.488. The molecular weight excluding hydrogens is 340 g/mol. The highest BCUT2D eigenvalue weighted by molar-refractivity contribution is 5.27. The lowest BCUT2D eigenvalue weighted by atomic mass is 9.47. The minimum atomic E-state index is -0.0376. The van der Waals surface area contributed by atoms with Gasteiger partial charge in [-0.05, 0) is 97.7 Å². The number of hydrogen-bond donors (Lipinski definition) is 1. The third-order valence-electron chi connectivity index (χ3n) is 10.3. The van der Waals surface area contributed by atoms with Crippen molar-refractivity contribution >= 4 is 0 Å². The van der Waals surface area contributed by atoms with Crippen LogP contribution >= 0.6 is 0 Å². The minimum Gasteiger partial charge on any atom is -0.393 e. The molecule has 8 atom stereocenters. The van der Waals surface area contributed by atoms with Gasteiger partial charge in [0.05, 0.1) is 6.10 Å². The fourth-order valence-corrected chi connectivity index (χ4v) is 8.51. The monoisotopic (exact) mass is 386 g/mol. The molecule has 3 fully saturated rings. The molecule has 0 spiro atoms. The van der Waals surface area contributed by atoms with Gasteiger partial charge in [-0.25, -0.2) is 0 Å². The Hall–Kier alpha value is -0.300. The zero-order valence-corrected chi connectivity index (χ0v) is 19.3. The van der Waals surface area contributed by atoms with Crippen LogP contribution in [0.5, 0.6) is 0 Å². The van der Waals surface area contributed by atoms with E-state index < -0.39 is 0 Å². The molecule has 1 heteroatoms. The number of rotatable bonds is 5. The lowest BCUT2D eigenvalue weighted by molar-refractivity contribution is -0.0427. The van der Waals surface area contributed by atoms with Crippen molar-refractivity contribution in [2.45, 2.75) is 111 Å². The molecule has 0 aromatic carbocycles. The maximum atomic E-state index is 10.2. The number of aliphatic hydroxyl groups excluding tert-OH is 1. The molecule has 160 valence electrons. The highest BCUT2D eigenvalue weighted by atomic mass is 16.3. The van der Waals surface area contributed by atoms with Crippen molar-refractivity contribution < 1.29 is 5.11 Å². The Morgan fingerprint density at radius 3 is 2.43 bits per heavy atom. The zero-order valence-electron chi connectivity index (χ0n) is 19.3. The molecule has 4 aliphatic rings. The van der Waals surface area contributed by atoms with E-state index in [1.54, 1.807) is 0 Å². The van der Waals surface area contributed by atoms with Crippen LogP contribution in [-0.2, 0) is 0 Å². The van der Waals surface area contributed by atoms with E-state index in [0.717, 1.165) is 48.3 Å². The molecule has 0 bridgehead atoms. The van der Waals surface area contributed by atoms with Crippen LogP contribution in [0.4, 0.5) is 0 Å². The molecule has 0 aromatic heterocycles. The third kappa shape index (κ3) is 3.42. The fraction of sp³-hybridized carbons (Fsp3) is 0.926. The summed E-state index contributed by atoms with van der Waals surface area (Å²) in [7, 11) is 0. The summed E-state index contributed by atoms with van der Waals surface area (Å²) >= 11 is 0. The molecule has 1 nitrogen and oxygen atoms in total. The van der Waals surface area contributed by atoms with Crippen molar-refractivity contribution in [1.82, 2.24) is 0 Å². The van der Waals surface area contributed by atoms with Crippen LogP contribution in [0.1, 0.15) is 105 Å². The van der Waals surface area contributed by atoms with Gasteiger partial charge < -0.3 is 5.11 Å². The van der Waals surface area contributed by atoms with Gasteiger partial charge in [0.25, 0.3) is 0 Å². The number of hydrogen-bond acceptors (Lipinski definition) is 1. The van der Waals surface area contributed by atoms with Crippen molar-refractivity contribution in [3.8, 4) is 0 Å². The molecule has 4 aliphatic carbocycles. The molecule has 0 aromatic rings. The summed E-state index contributed by atoms with van der Waals surface area (Å²) in [5, 5.41) is 10.2. The van der Waals surface area contributed by atoms with Gasteiger partial charge in [0, 0.05) is 0 Å². The predicted molar refractivity (Wildman–Crippen MR) is 119 cm³/mol. The standard InChI is InChI=1S/C27H46O/c1-18(2)7-6-8-19(3)23-11-12-24-22-10-9-20-17-21(28)13-15-26(20,4)25(22)14-16-27(23,24)5/h10,18-21,23-25,28H,6-9,11-17H2,1-5H3/t19-,20+,21-,23+,24-,25+,26+,27+/m1/s1. The molecule has 0 unspecified atom stereocenters. The van der Waals surface area contributed by atoms with E-state index >= 15 is 0 Å². The Balaban J connectivity index is 1.50. The van der Waals surface area contributed by atoms with Crippen molar-refractivity contribution in [3.05, 3.63) is 11.6 Å². The normalized spacial score (nSPS) is 46.5. The van der Waals surface area contributed by atoms with Crippen molar-refractivity contribution in [1.29, 1.82) is 0 Å².